The van der Waals surface area contributed by atoms with Gasteiger partial charge in [0.15, 0.2) is 0 Å². The van der Waals surface area contributed by atoms with Crippen molar-refractivity contribution in [1.29, 1.82) is 0 Å². The van der Waals surface area contributed by atoms with E-state index in [2.05, 4.69) is 73.7 Å². The fraction of sp³-hybridized carbons (Fsp3) is 0.125. The Kier molecular flexibility index (Phi) is 3.55. The van der Waals surface area contributed by atoms with Crippen molar-refractivity contribution in [2.24, 2.45) is 0 Å². The average Bonchev–Trinajstić information content (AvgIpc) is 2.34. The van der Waals surface area contributed by atoms with Crippen LogP contribution in [-0.4, -0.2) is 0 Å². The van der Waals surface area contributed by atoms with Crippen LogP contribution in [0, 0.1) is 0 Å². The van der Waals surface area contributed by atoms with Gasteiger partial charge in [-0.1, -0.05) is 67.6 Å². The summed E-state index contributed by atoms with van der Waals surface area (Å²) < 4.78 is 0. The van der Waals surface area contributed by atoms with Gasteiger partial charge in [0.25, 0.3) is 0 Å². The number of rotatable bonds is 3. The Morgan fingerprint density at radius 1 is 0.938 bits per heavy atom. The number of fused-ring (bicyclic) bond motifs is 1. The fourth-order valence-electron chi connectivity index (χ4n) is 1.69. The number of hydrogen-bond donors (Lipinski definition) is 0. The molecule has 0 N–H and O–H groups in total. The van der Waals surface area contributed by atoms with Crippen LogP contribution in [0.4, 0.5) is 0 Å². The van der Waals surface area contributed by atoms with E-state index in [1.165, 1.54) is 16.3 Å². The van der Waals surface area contributed by atoms with E-state index in [1.807, 2.05) is 0 Å². The third kappa shape index (κ3) is 2.60. The predicted octanol–water partition coefficient (Wildman–Crippen LogP) is 4.82. The van der Waals surface area contributed by atoms with E-state index in [4.69, 9.17) is 0 Å². The molecule has 0 heterocycles. The smallest absolute Gasteiger partial charge is 0.0178 e. The number of allylic oxidation sites excluding steroid dienone is 3. The SMILES string of the molecule is CC/C=C/C=C/c1ccc2ccccc2c1. The zero-order chi connectivity index (χ0) is 11.2. The van der Waals surface area contributed by atoms with Gasteiger partial charge >= 0.3 is 0 Å². The van der Waals surface area contributed by atoms with Crippen molar-refractivity contribution < 1.29 is 0 Å². The summed E-state index contributed by atoms with van der Waals surface area (Å²) in [7, 11) is 0. The van der Waals surface area contributed by atoms with Crippen molar-refractivity contribution >= 4 is 16.8 Å². The Labute approximate surface area is 96.9 Å². The summed E-state index contributed by atoms with van der Waals surface area (Å²) in [5.41, 5.74) is 1.25. The minimum absolute atomic E-state index is 1.09. The van der Waals surface area contributed by atoms with E-state index >= 15 is 0 Å². The van der Waals surface area contributed by atoms with E-state index in [-0.39, 0.29) is 0 Å². The molecule has 0 aliphatic carbocycles. The Morgan fingerprint density at radius 3 is 2.56 bits per heavy atom. The molecule has 0 fully saturated rings. The summed E-state index contributed by atoms with van der Waals surface area (Å²) in [5.74, 6) is 0. The highest BCUT2D eigenvalue weighted by Gasteiger charge is 1.91. The topological polar surface area (TPSA) is 0 Å². The number of hydrogen-bond acceptors (Lipinski definition) is 0. The molecule has 0 saturated carbocycles. The van der Waals surface area contributed by atoms with E-state index in [0.717, 1.165) is 6.42 Å². The molecule has 0 nitrogen and oxygen atoms in total. The Hall–Kier alpha value is -1.82. The molecule has 2 aromatic rings. The van der Waals surface area contributed by atoms with E-state index in [1.54, 1.807) is 0 Å². The third-order valence-corrected chi connectivity index (χ3v) is 2.55. The van der Waals surface area contributed by atoms with Gasteiger partial charge in [0.05, 0.1) is 0 Å². The van der Waals surface area contributed by atoms with Crippen molar-refractivity contribution in [3.8, 4) is 0 Å². The molecule has 2 rings (SSSR count). The molecule has 0 radical (unpaired) electrons. The molecule has 2 aromatic carbocycles. The molecular formula is C16H16. The zero-order valence-electron chi connectivity index (χ0n) is 9.56. The van der Waals surface area contributed by atoms with Gasteiger partial charge in [0, 0.05) is 0 Å². The highest BCUT2D eigenvalue weighted by molar-refractivity contribution is 5.84. The molecular weight excluding hydrogens is 192 g/mol. The van der Waals surface area contributed by atoms with Gasteiger partial charge in [-0.05, 0) is 28.8 Å². The summed E-state index contributed by atoms with van der Waals surface area (Å²) in [6.07, 6.45) is 9.56. The number of benzene rings is 2. The van der Waals surface area contributed by atoms with Crippen LogP contribution in [0.25, 0.3) is 16.8 Å². The minimum Gasteiger partial charge on any atom is -0.0848 e. The second-order valence-corrected chi connectivity index (χ2v) is 3.80. The third-order valence-electron chi connectivity index (χ3n) is 2.55. The van der Waals surface area contributed by atoms with E-state index in [9.17, 15) is 0 Å². The quantitative estimate of drug-likeness (QED) is 0.634. The van der Waals surface area contributed by atoms with Crippen LogP contribution in [-0.2, 0) is 0 Å². The normalized spacial score (nSPS) is 11.8. The van der Waals surface area contributed by atoms with Gasteiger partial charge in [0.2, 0.25) is 0 Å². The highest BCUT2D eigenvalue weighted by Crippen LogP contribution is 2.16. The second-order valence-electron chi connectivity index (χ2n) is 3.80. The maximum absolute atomic E-state index is 2.21. The molecule has 0 bridgehead atoms. The van der Waals surface area contributed by atoms with Crippen molar-refractivity contribution in [2.45, 2.75) is 13.3 Å². The Bertz CT molecular complexity index is 518. The molecule has 0 aliphatic heterocycles. The molecule has 0 heteroatoms. The second kappa shape index (κ2) is 5.32. The Morgan fingerprint density at radius 2 is 1.75 bits per heavy atom. The molecule has 80 valence electrons. The molecule has 0 aliphatic rings. The van der Waals surface area contributed by atoms with Gasteiger partial charge in [-0.25, -0.2) is 0 Å². The van der Waals surface area contributed by atoms with Gasteiger partial charge in [0.1, 0.15) is 0 Å². The van der Waals surface area contributed by atoms with Crippen molar-refractivity contribution in [3.05, 3.63) is 66.3 Å². The predicted molar refractivity (Wildman–Crippen MR) is 72.4 cm³/mol. The van der Waals surface area contributed by atoms with Gasteiger partial charge < -0.3 is 0 Å². The minimum atomic E-state index is 1.09. The lowest BCUT2D eigenvalue weighted by Gasteiger charge is -1.98. The molecule has 0 unspecified atom stereocenters. The molecule has 0 atom stereocenters. The molecule has 0 amide bonds. The van der Waals surface area contributed by atoms with Crippen LogP contribution in [0.3, 0.4) is 0 Å². The summed E-state index contributed by atoms with van der Waals surface area (Å²) in [6.45, 7) is 2.14. The van der Waals surface area contributed by atoms with Crippen LogP contribution in [0.15, 0.2) is 60.7 Å². The molecule has 16 heavy (non-hydrogen) atoms. The van der Waals surface area contributed by atoms with Crippen LogP contribution in [0.1, 0.15) is 18.9 Å². The first kappa shape index (κ1) is 10.7. The summed E-state index contributed by atoms with van der Waals surface area (Å²) in [6, 6.07) is 15.0. The summed E-state index contributed by atoms with van der Waals surface area (Å²) in [5, 5.41) is 2.59. The molecule has 0 spiro atoms. The van der Waals surface area contributed by atoms with Crippen molar-refractivity contribution in [2.75, 3.05) is 0 Å². The van der Waals surface area contributed by atoms with E-state index < -0.39 is 0 Å². The monoisotopic (exact) mass is 208 g/mol. The average molecular weight is 208 g/mol. The van der Waals surface area contributed by atoms with Crippen LogP contribution < -0.4 is 0 Å². The standard InChI is InChI=1S/C16H16/c1-2-3-4-5-8-14-11-12-15-9-6-7-10-16(15)13-14/h3-13H,2H2,1H3/b4-3+,8-5+. The summed E-state index contributed by atoms with van der Waals surface area (Å²) in [4.78, 5) is 0. The maximum atomic E-state index is 2.21. The molecule has 0 saturated heterocycles. The Balaban J connectivity index is 2.26. The van der Waals surface area contributed by atoms with Gasteiger partial charge in [-0.15, -0.1) is 0 Å². The van der Waals surface area contributed by atoms with Crippen LogP contribution >= 0.6 is 0 Å². The fourth-order valence-corrected chi connectivity index (χ4v) is 1.69. The summed E-state index contributed by atoms with van der Waals surface area (Å²) >= 11 is 0. The maximum Gasteiger partial charge on any atom is -0.0178 e. The first-order chi connectivity index (χ1) is 7.90. The largest absolute Gasteiger partial charge is 0.0848 e. The lowest BCUT2D eigenvalue weighted by molar-refractivity contribution is 1.22. The van der Waals surface area contributed by atoms with Crippen molar-refractivity contribution in [1.82, 2.24) is 0 Å². The highest BCUT2D eigenvalue weighted by atomic mass is 14.0. The van der Waals surface area contributed by atoms with Crippen LogP contribution in [0.2, 0.25) is 0 Å². The zero-order valence-corrected chi connectivity index (χ0v) is 9.56. The van der Waals surface area contributed by atoms with Gasteiger partial charge in [-0.2, -0.15) is 0 Å². The molecule has 0 aromatic heterocycles. The van der Waals surface area contributed by atoms with Gasteiger partial charge in [-0.3, -0.25) is 0 Å². The van der Waals surface area contributed by atoms with Crippen LogP contribution in [0.5, 0.6) is 0 Å². The lowest BCUT2D eigenvalue weighted by Crippen LogP contribution is -1.74. The van der Waals surface area contributed by atoms with E-state index in [0.29, 0.717) is 0 Å². The first-order valence-corrected chi connectivity index (χ1v) is 5.72. The lowest BCUT2D eigenvalue weighted by atomic mass is 10.1. The first-order valence-electron chi connectivity index (χ1n) is 5.72. The van der Waals surface area contributed by atoms with Crippen molar-refractivity contribution in [3.63, 3.8) is 0 Å².